The van der Waals surface area contributed by atoms with Gasteiger partial charge in [-0.3, -0.25) is 0 Å². The van der Waals surface area contributed by atoms with Crippen LogP contribution in [-0.4, -0.2) is 32.1 Å². The number of H-pyrrole nitrogens is 2. The van der Waals surface area contributed by atoms with Gasteiger partial charge in [0, 0.05) is 33.5 Å². The Morgan fingerprint density at radius 2 is 1.24 bits per heavy atom. The van der Waals surface area contributed by atoms with Crippen molar-refractivity contribution in [2.45, 2.75) is 0 Å². The van der Waals surface area contributed by atoms with E-state index in [1.807, 2.05) is 0 Å². The summed E-state index contributed by atoms with van der Waals surface area (Å²) in [7, 11) is 0. The van der Waals surface area contributed by atoms with Crippen molar-refractivity contribution in [2.75, 3.05) is 0 Å². The number of rotatable bonds is 2. The second kappa shape index (κ2) is 7.46. The number of carboxylic acids is 2. The van der Waals surface area contributed by atoms with Crippen molar-refractivity contribution in [2.24, 2.45) is 0 Å². The van der Waals surface area contributed by atoms with Crippen LogP contribution in [0, 0.1) is 0 Å². The van der Waals surface area contributed by atoms with Crippen LogP contribution in [0.2, 0.25) is 0 Å². The first-order valence-corrected chi connectivity index (χ1v) is 4.34. The Bertz CT molecular complexity index is 406. The second-order valence-corrected chi connectivity index (χ2v) is 2.78. The molecule has 0 amide bonds. The Balaban J connectivity index is 0.000000284. The summed E-state index contributed by atoms with van der Waals surface area (Å²) < 4.78 is 0. The van der Waals surface area contributed by atoms with Crippen LogP contribution in [0.25, 0.3) is 0 Å². The minimum Gasteiger partial charge on any atom is -0.477 e. The van der Waals surface area contributed by atoms with Crippen molar-refractivity contribution in [3.63, 3.8) is 0 Å². The molecule has 0 aromatic carbocycles. The molecule has 6 nitrogen and oxygen atoms in total. The minimum atomic E-state index is -0.921. The van der Waals surface area contributed by atoms with E-state index in [2.05, 4.69) is 9.97 Å². The van der Waals surface area contributed by atoms with Crippen LogP contribution in [0.5, 0.6) is 0 Å². The number of aromatic carboxylic acids is 2. The van der Waals surface area contributed by atoms with Gasteiger partial charge < -0.3 is 20.2 Å². The van der Waals surface area contributed by atoms with Gasteiger partial charge in [0.15, 0.2) is 0 Å². The van der Waals surface area contributed by atoms with Crippen molar-refractivity contribution in [1.29, 1.82) is 0 Å². The Kier molecular flexibility index (Phi) is 6.66. The first-order chi connectivity index (χ1) is 7.61. The van der Waals surface area contributed by atoms with Crippen LogP contribution in [0.3, 0.4) is 0 Å². The molecule has 7 heteroatoms. The summed E-state index contributed by atoms with van der Waals surface area (Å²) in [6, 6.07) is 6.29. The monoisotopic (exact) mass is 417 g/mol. The van der Waals surface area contributed by atoms with Crippen molar-refractivity contribution >= 4 is 11.9 Å². The summed E-state index contributed by atoms with van der Waals surface area (Å²) in [6.07, 6.45) is 3.15. The molecule has 0 spiro atoms. The Hall–Kier alpha value is -1.81. The van der Waals surface area contributed by atoms with Crippen LogP contribution in [0.1, 0.15) is 21.0 Å². The smallest absolute Gasteiger partial charge is 0.352 e. The maximum Gasteiger partial charge on any atom is 0.352 e. The topological polar surface area (TPSA) is 106 Å². The van der Waals surface area contributed by atoms with Gasteiger partial charge >= 0.3 is 11.9 Å². The maximum absolute atomic E-state index is 10.0. The number of carbonyl (C=O) groups is 2. The van der Waals surface area contributed by atoms with Crippen molar-refractivity contribution in [1.82, 2.24) is 9.97 Å². The maximum atomic E-state index is 10.0. The van der Waals surface area contributed by atoms with Gasteiger partial charge in [0.2, 0.25) is 0 Å². The third-order valence-corrected chi connectivity index (χ3v) is 1.66. The molecule has 0 unspecified atom stereocenters. The quantitative estimate of drug-likeness (QED) is 0.593. The number of carboxylic acid groups (broad SMARTS) is 2. The minimum absolute atomic E-state index is 0. The van der Waals surface area contributed by atoms with Gasteiger partial charge in [-0.2, -0.15) is 0 Å². The molecule has 17 heavy (non-hydrogen) atoms. The SMILES string of the molecule is O=C(O)c1ccc[nH]1.O=C(O)c1ccc[nH]1.[Pt]. The molecule has 0 aliphatic heterocycles. The van der Waals surface area contributed by atoms with E-state index >= 15 is 0 Å². The van der Waals surface area contributed by atoms with Gasteiger partial charge in [-0.15, -0.1) is 0 Å². The molecule has 0 saturated carbocycles. The van der Waals surface area contributed by atoms with Gasteiger partial charge in [-0.25, -0.2) is 9.59 Å². The van der Waals surface area contributed by atoms with Gasteiger partial charge in [0.05, 0.1) is 0 Å². The number of aromatic amines is 2. The van der Waals surface area contributed by atoms with Crippen LogP contribution in [-0.2, 0) is 21.1 Å². The Morgan fingerprint density at radius 1 is 0.882 bits per heavy atom. The normalized spacial score (nSPS) is 8.47. The number of hydrogen-bond acceptors (Lipinski definition) is 2. The number of nitrogens with one attached hydrogen (secondary N) is 2. The van der Waals surface area contributed by atoms with E-state index in [0.29, 0.717) is 0 Å². The molecular formula is C10H10N2O4Pt. The third kappa shape index (κ3) is 5.17. The Morgan fingerprint density at radius 3 is 1.35 bits per heavy atom. The molecule has 0 saturated heterocycles. The summed E-state index contributed by atoms with van der Waals surface area (Å²) in [5.74, 6) is -1.84. The summed E-state index contributed by atoms with van der Waals surface area (Å²) >= 11 is 0. The zero-order valence-corrected chi connectivity index (χ0v) is 10.8. The zero-order valence-electron chi connectivity index (χ0n) is 8.49. The van der Waals surface area contributed by atoms with Gasteiger partial charge in [-0.1, -0.05) is 0 Å². The molecule has 4 N–H and O–H groups in total. The average Bonchev–Trinajstić information content (AvgIpc) is 2.93. The van der Waals surface area contributed by atoms with Crippen LogP contribution in [0.15, 0.2) is 36.7 Å². The first kappa shape index (κ1) is 15.2. The van der Waals surface area contributed by atoms with E-state index in [-0.39, 0.29) is 32.5 Å². The molecule has 0 bridgehead atoms. The van der Waals surface area contributed by atoms with Crippen molar-refractivity contribution < 1.29 is 40.9 Å². The average molecular weight is 417 g/mol. The van der Waals surface area contributed by atoms with Gasteiger partial charge in [-0.05, 0) is 24.3 Å². The third-order valence-electron chi connectivity index (χ3n) is 1.66. The summed E-state index contributed by atoms with van der Waals surface area (Å²) in [6.45, 7) is 0. The summed E-state index contributed by atoms with van der Waals surface area (Å²) in [5.41, 5.74) is 0.454. The first-order valence-electron chi connectivity index (χ1n) is 4.34. The molecule has 2 aromatic heterocycles. The predicted octanol–water partition coefficient (Wildman–Crippen LogP) is 1.42. The zero-order chi connectivity index (χ0) is 12.0. The molecule has 2 aromatic rings. The second-order valence-electron chi connectivity index (χ2n) is 2.78. The predicted molar refractivity (Wildman–Crippen MR) is 55.5 cm³/mol. The van der Waals surface area contributed by atoms with E-state index in [4.69, 9.17) is 10.2 Å². The van der Waals surface area contributed by atoms with E-state index in [1.54, 1.807) is 24.5 Å². The van der Waals surface area contributed by atoms with Crippen LogP contribution < -0.4 is 0 Å². The van der Waals surface area contributed by atoms with E-state index in [1.165, 1.54) is 12.1 Å². The fourth-order valence-electron chi connectivity index (χ4n) is 0.927. The number of hydrogen-bond donors (Lipinski definition) is 4. The molecule has 2 heterocycles. The largest absolute Gasteiger partial charge is 0.477 e. The molecule has 0 aliphatic rings. The van der Waals surface area contributed by atoms with Crippen LogP contribution in [0.4, 0.5) is 0 Å². The summed E-state index contributed by atoms with van der Waals surface area (Å²) in [5, 5.41) is 16.5. The molecule has 2 rings (SSSR count). The van der Waals surface area contributed by atoms with Gasteiger partial charge in [0.1, 0.15) is 11.4 Å². The van der Waals surface area contributed by atoms with E-state index in [9.17, 15) is 9.59 Å². The van der Waals surface area contributed by atoms with Gasteiger partial charge in [0.25, 0.3) is 0 Å². The fraction of sp³-hybridized carbons (Fsp3) is 0. The molecule has 0 fully saturated rings. The summed E-state index contributed by atoms with van der Waals surface area (Å²) in [4.78, 5) is 25.1. The molecular weight excluding hydrogens is 407 g/mol. The van der Waals surface area contributed by atoms with Crippen molar-refractivity contribution in [3.8, 4) is 0 Å². The van der Waals surface area contributed by atoms with E-state index < -0.39 is 11.9 Å². The van der Waals surface area contributed by atoms with Crippen molar-refractivity contribution in [3.05, 3.63) is 48.0 Å². The van der Waals surface area contributed by atoms with Crippen LogP contribution >= 0.6 is 0 Å². The molecule has 0 atom stereocenters. The Labute approximate surface area is 111 Å². The fourth-order valence-corrected chi connectivity index (χ4v) is 0.927. The molecule has 0 radical (unpaired) electrons. The number of aromatic nitrogens is 2. The molecule has 0 aliphatic carbocycles. The van der Waals surface area contributed by atoms with E-state index in [0.717, 1.165) is 0 Å². The standard InChI is InChI=1S/2C5H5NO2.Pt/c2*7-5(8)4-2-1-3-6-4;/h2*1-3,6H,(H,7,8);. The molecule has 94 valence electrons.